The molecule has 2 rings (SSSR count). The summed E-state index contributed by atoms with van der Waals surface area (Å²) >= 11 is 1.88. The molecule has 1 aromatic heterocycles. The number of nitrogens with one attached hydrogen (secondary N) is 1. The van der Waals surface area contributed by atoms with Gasteiger partial charge in [0.1, 0.15) is 5.75 Å². The van der Waals surface area contributed by atoms with E-state index in [9.17, 15) is 0 Å². The van der Waals surface area contributed by atoms with E-state index in [1.165, 1.54) is 9.75 Å². The monoisotopic (exact) mass is 275 g/mol. The van der Waals surface area contributed by atoms with Gasteiger partial charge in [-0.05, 0) is 29.7 Å². The fourth-order valence-corrected chi connectivity index (χ4v) is 2.80. The van der Waals surface area contributed by atoms with Gasteiger partial charge in [-0.3, -0.25) is 0 Å². The molecule has 0 saturated heterocycles. The van der Waals surface area contributed by atoms with Crippen LogP contribution in [-0.4, -0.2) is 7.11 Å². The van der Waals surface area contributed by atoms with Crippen molar-refractivity contribution in [2.24, 2.45) is 0 Å². The molecule has 0 aliphatic rings. The molecule has 0 aliphatic heterocycles. The van der Waals surface area contributed by atoms with E-state index >= 15 is 0 Å². The Kier molecular flexibility index (Phi) is 4.15. The molecule has 0 fully saturated rings. The van der Waals surface area contributed by atoms with Crippen molar-refractivity contribution in [3.63, 3.8) is 0 Å². The molecule has 3 heteroatoms. The van der Waals surface area contributed by atoms with Gasteiger partial charge in [0.15, 0.2) is 0 Å². The maximum atomic E-state index is 5.22. The van der Waals surface area contributed by atoms with Crippen LogP contribution in [0.4, 0.5) is 5.69 Å². The lowest BCUT2D eigenvalue weighted by atomic mass is 9.95. The minimum atomic E-state index is 0.235. The van der Waals surface area contributed by atoms with Gasteiger partial charge in [0.2, 0.25) is 0 Å². The van der Waals surface area contributed by atoms with Gasteiger partial charge in [0.05, 0.1) is 7.11 Å². The van der Waals surface area contributed by atoms with E-state index < -0.39 is 0 Å². The van der Waals surface area contributed by atoms with Crippen LogP contribution in [0.2, 0.25) is 0 Å². The van der Waals surface area contributed by atoms with Gasteiger partial charge in [-0.1, -0.05) is 26.8 Å². The quantitative estimate of drug-likeness (QED) is 0.875. The third-order valence-electron chi connectivity index (χ3n) is 2.94. The zero-order valence-electron chi connectivity index (χ0n) is 12.0. The summed E-state index contributed by atoms with van der Waals surface area (Å²) in [7, 11) is 1.69. The molecule has 0 unspecified atom stereocenters. The van der Waals surface area contributed by atoms with Crippen molar-refractivity contribution in [2.75, 3.05) is 12.4 Å². The van der Waals surface area contributed by atoms with Crippen LogP contribution in [-0.2, 0) is 12.0 Å². The van der Waals surface area contributed by atoms with Crippen LogP contribution < -0.4 is 10.1 Å². The highest BCUT2D eigenvalue weighted by atomic mass is 32.1. The molecule has 0 bridgehead atoms. The number of hydrogen-bond donors (Lipinski definition) is 1. The maximum Gasteiger partial charge on any atom is 0.120 e. The van der Waals surface area contributed by atoms with Crippen LogP contribution in [0, 0.1) is 0 Å². The van der Waals surface area contributed by atoms with E-state index in [-0.39, 0.29) is 5.41 Å². The zero-order chi connectivity index (χ0) is 13.9. The lowest BCUT2D eigenvalue weighted by molar-refractivity contribution is 0.415. The van der Waals surface area contributed by atoms with Crippen LogP contribution in [0.25, 0.3) is 0 Å². The van der Waals surface area contributed by atoms with Crippen molar-refractivity contribution < 1.29 is 4.74 Å². The first kappa shape index (κ1) is 13.9. The van der Waals surface area contributed by atoms with E-state index in [0.29, 0.717) is 0 Å². The Bertz CT molecular complexity index is 540. The highest BCUT2D eigenvalue weighted by Gasteiger charge is 2.15. The minimum Gasteiger partial charge on any atom is -0.497 e. The standard InChI is InChI=1S/C16H21NOS/c1-16(2,3)15-9-8-14(19-15)11-17-12-6-5-7-13(10-12)18-4/h5-10,17H,11H2,1-4H3. The molecule has 1 N–H and O–H groups in total. The predicted octanol–water partition coefficient (Wildman–Crippen LogP) is 4.67. The molecule has 0 amide bonds. The second kappa shape index (κ2) is 5.66. The van der Waals surface area contributed by atoms with Gasteiger partial charge in [-0.15, -0.1) is 11.3 Å². The van der Waals surface area contributed by atoms with E-state index in [1.54, 1.807) is 7.11 Å². The van der Waals surface area contributed by atoms with Crippen molar-refractivity contribution in [1.82, 2.24) is 0 Å². The smallest absolute Gasteiger partial charge is 0.120 e. The molecule has 0 spiro atoms. The third kappa shape index (κ3) is 3.74. The summed E-state index contributed by atoms with van der Waals surface area (Å²) in [6.07, 6.45) is 0. The summed E-state index contributed by atoms with van der Waals surface area (Å²) in [6.45, 7) is 7.60. The SMILES string of the molecule is COc1cccc(NCc2ccc(C(C)(C)C)s2)c1. The van der Waals surface area contributed by atoms with Crippen molar-refractivity contribution in [2.45, 2.75) is 32.7 Å². The molecule has 0 aliphatic carbocycles. The lowest BCUT2D eigenvalue weighted by Crippen LogP contribution is -2.07. The van der Waals surface area contributed by atoms with Gasteiger partial charge in [0, 0.05) is 28.1 Å². The van der Waals surface area contributed by atoms with Crippen molar-refractivity contribution in [1.29, 1.82) is 0 Å². The number of thiophene rings is 1. The van der Waals surface area contributed by atoms with Crippen LogP contribution in [0.15, 0.2) is 36.4 Å². The number of benzene rings is 1. The number of methoxy groups -OCH3 is 1. The fraction of sp³-hybridized carbons (Fsp3) is 0.375. The van der Waals surface area contributed by atoms with Gasteiger partial charge >= 0.3 is 0 Å². The predicted molar refractivity (Wildman–Crippen MR) is 83.3 cm³/mol. The highest BCUT2D eigenvalue weighted by molar-refractivity contribution is 7.12. The first-order valence-electron chi connectivity index (χ1n) is 6.46. The van der Waals surface area contributed by atoms with Crippen LogP contribution >= 0.6 is 11.3 Å². The zero-order valence-corrected chi connectivity index (χ0v) is 12.8. The summed E-state index contributed by atoms with van der Waals surface area (Å²) in [5.74, 6) is 0.881. The molecule has 0 radical (unpaired) electrons. The van der Waals surface area contributed by atoms with Crippen LogP contribution in [0.1, 0.15) is 30.5 Å². The normalized spacial score (nSPS) is 11.4. The fourth-order valence-electron chi connectivity index (χ4n) is 1.80. The van der Waals surface area contributed by atoms with E-state index in [1.807, 2.05) is 29.5 Å². The largest absolute Gasteiger partial charge is 0.497 e. The summed E-state index contributed by atoms with van der Waals surface area (Å²) in [5, 5.41) is 3.43. The Hall–Kier alpha value is -1.48. The first-order valence-corrected chi connectivity index (χ1v) is 7.28. The molecule has 102 valence electrons. The summed E-state index contributed by atoms with van der Waals surface area (Å²) in [4.78, 5) is 2.78. The van der Waals surface area contributed by atoms with Crippen LogP contribution in [0.5, 0.6) is 5.75 Å². The molecular weight excluding hydrogens is 254 g/mol. The number of ether oxygens (including phenoxy) is 1. The number of rotatable bonds is 4. The van der Waals surface area contributed by atoms with E-state index in [4.69, 9.17) is 4.74 Å². The second-order valence-electron chi connectivity index (χ2n) is 5.60. The van der Waals surface area contributed by atoms with E-state index in [0.717, 1.165) is 18.0 Å². The average Bonchev–Trinajstić information content (AvgIpc) is 2.85. The Balaban J connectivity index is 2.00. The Morgan fingerprint density at radius 1 is 1.16 bits per heavy atom. The van der Waals surface area contributed by atoms with Gasteiger partial charge in [-0.2, -0.15) is 0 Å². The maximum absolute atomic E-state index is 5.22. The highest BCUT2D eigenvalue weighted by Crippen LogP contribution is 2.30. The molecular formula is C16H21NOS. The molecule has 2 aromatic rings. The van der Waals surface area contributed by atoms with E-state index in [2.05, 4.69) is 44.3 Å². The Labute approximate surface area is 119 Å². The van der Waals surface area contributed by atoms with Crippen molar-refractivity contribution >= 4 is 17.0 Å². The van der Waals surface area contributed by atoms with Crippen molar-refractivity contribution in [3.05, 3.63) is 46.2 Å². The van der Waals surface area contributed by atoms with Gasteiger partial charge < -0.3 is 10.1 Å². The lowest BCUT2D eigenvalue weighted by Gasteiger charge is -2.15. The van der Waals surface area contributed by atoms with Crippen LogP contribution in [0.3, 0.4) is 0 Å². The molecule has 2 nitrogen and oxygen atoms in total. The van der Waals surface area contributed by atoms with Gasteiger partial charge in [0.25, 0.3) is 0 Å². The number of hydrogen-bond acceptors (Lipinski definition) is 3. The molecule has 0 atom stereocenters. The third-order valence-corrected chi connectivity index (χ3v) is 4.45. The van der Waals surface area contributed by atoms with Gasteiger partial charge in [-0.25, -0.2) is 0 Å². The number of anilines is 1. The average molecular weight is 275 g/mol. The first-order chi connectivity index (χ1) is 8.99. The summed E-state index contributed by atoms with van der Waals surface area (Å²) < 4.78 is 5.22. The minimum absolute atomic E-state index is 0.235. The molecule has 1 heterocycles. The Morgan fingerprint density at radius 2 is 1.95 bits per heavy atom. The Morgan fingerprint density at radius 3 is 2.58 bits per heavy atom. The van der Waals surface area contributed by atoms with Crippen molar-refractivity contribution in [3.8, 4) is 5.75 Å². The second-order valence-corrected chi connectivity index (χ2v) is 6.77. The summed E-state index contributed by atoms with van der Waals surface area (Å²) in [6, 6.07) is 12.5. The molecule has 0 saturated carbocycles. The topological polar surface area (TPSA) is 21.3 Å². The summed E-state index contributed by atoms with van der Waals surface area (Å²) in [5.41, 5.74) is 1.32. The molecule has 19 heavy (non-hydrogen) atoms. The molecule has 1 aromatic carbocycles.